The van der Waals surface area contributed by atoms with Crippen LogP contribution in [0.25, 0.3) is 0 Å². The molecule has 1 aromatic rings. The van der Waals surface area contributed by atoms with Crippen molar-refractivity contribution in [1.82, 2.24) is 5.32 Å². The third-order valence-corrected chi connectivity index (χ3v) is 3.30. The number of hydrogen-bond donors (Lipinski definition) is 1. The predicted molar refractivity (Wildman–Crippen MR) is 71.9 cm³/mol. The Hall–Kier alpha value is -0.0900. The number of hydrogen-bond acceptors (Lipinski definition) is 2. The maximum absolute atomic E-state index is 6.13. The summed E-state index contributed by atoms with van der Waals surface area (Å²) in [6, 6.07) is 6.32. The van der Waals surface area contributed by atoms with Gasteiger partial charge in [0.2, 0.25) is 0 Å². The van der Waals surface area contributed by atoms with Gasteiger partial charge in [-0.1, -0.05) is 40.5 Å². The molecule has 1 rings (SSSR count). The molecule has 0 aliphatic rings. The van der Waals surface area contributed by atoms with E-state index in [2.05, 4.69) is 28.2 Å². The summed E-state index contributed by atoms with van der Waals surface area (Å²) in [5.74, 6) is 0. The van der Waals surface area contributed by atoms with Crippen LogP contribution in [0, 0.1) is 0 Å². The number of benzene rings is 1. The Morgan fingerprint density at radius 1 is 1.50 bits per heavy atom. The highest BCUT2D eigenvalue weighted by atomic mass is 79.9. The second kappa shape index (κ2) is 7.28. The molecule has 2 nitrogen and oxygen atoms in total. The minimum Gasteiger partial charge on any atom is -0.383 e. The lowest BCUT2D eigenvalue weighted by molar-refractivity contribution is 0.164. The van der Waals surface area contributed by atoms with Crippen molar-refractivity contribution >= 4 is 27.5 Å². The van der Waals surface area contributed by atoms with Crippen LogP contribution in [-0.4, -0.2) is 19.8 Å². The second-order valence-electron chi connectivity index (χ2n) is 3.68. The zero-order valence-corrected chi connectivity index (χ0v) is 11.9. The largest absolute Gasteiger partial charge is 0.383 e. The van der Waals surface area contributed by atoms with Crippen molar-refractivity contribution in [2.24, 2.45) is 0 Å². The van der Waals surface area contributed by atoms with Gasteiger partial charge in [0.25, 0.3) is 0 Å². The fourth-order valence-electron chi connectivity index (χ4n) is 1.44. The maximum atomic E-state index is 6.13. The zero-order chi connectivity index (χ0) is 12.0. The zero-order valence-electron chi connectivity index (χ0n) is 9.59. The molecule has 1 N–H and O–H groups in total. The van der Waals surface area contributed by atoms with Crippen molar-refractivity contribution in [1.29, 1.82) is 0 Å². The average molecular weight is 307 g/mol. The molecule has 16 heavy (non-hydrogen) atoms. The summed E-state index contributed by atoms with van der Waals surface area (Å²) in [6.07, 6.45) is 1.04. The molecule has 1 unspecified atom stereocenters. The first-order chi connectivity index (χ1) is 7.67. The molecule has 0 aliphatic heterocycles. The maximum Gasteiger partial charge on any atom is 0.0615 e. The van der Waals surface area contributed by atoms with Crippen LogP contribution in [0.15, 0.2) is 22.7 Å². The minimum absolute atomic E-state index is 0.379. The molecule has 0 saturated heterocycles. The Labute approximate surface area is 110 Å². The van der Waals surface area contributed by atoms with Crippen molar-refractivity contribution in [2.75, 3.05) is 13.7 Å². The molecule has 4 heteroatoms. The molecule has 0 aromatic heterocycles. The van der Waals surface area contributed by atoms with E-state index in [1.807, 2.05) is 18.2 Å². The predicted octanol–water partition coefficient (Wildman–Crippen LogP) is 3.62. The number of rotatable bonds is 6. The topological polar surface area (TPSA) is 21.3 Å². The Morgan fingerprint density at radius 3 is 2.81 bits per heavy atom. The summed E-state index contributed by atoms with van der Waals surface area (Å²) in [7, 11) is 1.72. The molecule has 0 amide bonds. The Kier molecular flexibility index (Phi) is 6.36. The van der Waals surface area contributed by atoms with Gasteiger partial charge in [-0.3, -0.25) is 0 Å². The fourth-order valence-corrected chi connectivity index (χ4v) is 2.18. The smallest absolute Gasteiger partial charge is 0.0615 e. The average Bonchev–Trinajstić information content (AvgIpc) is 2.26. The van der Waals surface area contributed by atoms with Gasteiger partial charge in [-0.25, -0.2) is 0 Å². The minimum atomic E-state index is 0.379. The van der Waals surface area contributed by atoms with E-state index in [-0.39, 0.29) is 0 Å². The van der Waals surface area contributed by atoms with E-state index in [4.69, 9.17) is 16.3 Å². The van der Waals surface area contributed by atoms with Gasteiger partial charge in [0, 0.05) is 29.2 Å². The quantitative estimate of drug-likeness (QED) is 0.867. The SMILES string of the molecule is CCC(COC)NCc1ccc(Br)cc1Cl. The number of nitrogens with one attached hydrogen (secondary N) is 1. The Morgan fingerprint density at radius 2 is 2.25 bits per heavy atom. The molecular formula is C12H17BrClNO. The van der Waals surface area contributed by atoms with E-state index in [0.29, 0.717) is 6.04 Å². The molecule has 0 fully saturated rings. The summed E-state index contributed by atoms with van der Waals surface area (Å²) in [6.45, 7) is 3.64. The van der Waals surface area contributed by atoms with Crippen LogP contribution in [0.5, 0.6) is 0 Å². The van der Waals surface area contributed by atoms with Crippen molar-refractivity contribution in [3.8, 4) is 0 Å². The summed E-state index contributed by atoms with van der Waals surface area (Å²) in [4.78, 5) is 0. The van der Waals surface area contributed by atoms with Gasteiger partial charge in [0.05, 0.1) is 6.61 Å². The van der Waals surface area contributed by atoms with Crippen LogP contribution in [0.1, 0.15) is 18.9 Å². The monoisotopic (exact) mass is 305 g/mol. The van der Waals surface area contributed by atoms with E-state index in [1.54, 1.807) is 7.11 Å². The molecule has 0 aliphatic carbocycles. The van der Waals surface area contributed by atoms with Crippen molar-refractivity contribution < 1.29 is 4.74 Å². The van der Waals surface area contributed by atoms with Gasteiger partial charge >= 0.3 is 0 Å². The molecule has 0 saturated carbocycles. The Balaban J connectivity index is 2.53. The first-order valence-electron chi connectivity index (χ1n) is 5.33. The third kappa shape index (κ3) is 4.42. The van der Waals surface area contributed by atoms with E-state index >= 15 is 0 Å². The first kappa shape index (κ1) is 14.0. The highest BCUT2D eigenvalue weighted by Crippen LogP contribution is 2.21. The Bertz CT molecular complexity index is 333. The summed E-state index contributed by atoms with van der Waals surface area (Å²) < 4.78 is 6.13. The molecule has 0 heterocycles. The summed E-state index contributed by atoms with van der Waals surface area (Å²) >= 11 is 9.52. The van der Waals surface area contributed by atoms with E-state index in [0.717, 1.165) is 34.6 Å². The number of methoxy groups -OCH3 is 1. The first-order valence-corrected chi connectivity index (χ1v) is 6.50. The lowest BCUT2D eigenvalue weighted by Gasteiger charge is -2.16. The van der Waals surface area contributed by atoms with Gasteiger partial charge in [-0.15, -0.1) is 0 Å². The van der Waals surface area contributed by atoms with Gasteiger partial charge in [0.1, 0.15) is 0 Å². The van der Waals surface area contributed by atoms with Gasteiger partial charge in [0.15, 0.2) is 0 Å². The molecule has 1 aromatic carbocycles. The van der Waals surface area contributed by atoms with Crippen LogP contribution in [0.2, 0.25) is 5.02 Å². The molecule has 90 valence electrons. The van der Waals surface area contributed by atoms with Gasteiger partial charge in [-0.2, -0.15) is 0 Å². The van der Waals surface area contributed by atoms with Crippen LogP contribution in [-0.2, 0) is 11.3 Å². The normalized spacial score (nSPS) is 12.8. The highest BCUT2D eigenvalue weighted by Gasteiger charge is 2.06. The summed E-state index contributed by atoms with van der Waals surface area (Å²) in [5.41, 5.74) is 1.11. The third-order valence-electron chi connectivity index (χ3n) is 2.46. The summed E-state index contributed by atoms with van der Waals surface area (Å²) in [5, 5.41) is 4.21. The number of ether oxygens (including phenoxy) is 1. The highest BCUT2D eigenvalue weighted by molar-refractivity contribution is 9.10. The van der Waals surface area contributed by atoms with E-state index in [1.165, 1.54) is 0 Å². The van der Waals surface area contributed by atoms with Crippen LogP contribution in [0.4, 0.5) is 0 Å². The fraction of sp³-hybridized carbons (Fsp3) is 0.500. The van der Waals surface area contributed by atoms with E-state index < -0.39 is 0 Å². The van der Waals surface area contributed by atoms with Gasteiger partial charge in [-0.05, 0) is 24.1 Å². The van der Waals surface area contributed by atoms with Crippen LogP contribution in [0.3, 0.4) is 0 Å². The van der Waals surface area contributed by atoms with Crippen molar-refractivity contribution in [2.45, 2.75) is 25.9 Å². The van der Waals surface area contributed by atoms with Crippen LogP contribution < -0.4 is 5.32 Å². The van der Waals surface area contributed by atoms with Crippen LogP contribution >= 0.6 is 27.5 Å². The molecule has 1 atom stereocenters. The van der Waals surface area contributed by atoms with Gasteiger partial charge < -0.3 is 10.1 Å². The molecular weight excluding hydrogens is 289 g/mol. The van der Waals surface area contributed by atoms with E-state index in [9.17, 15) is 0 Å². The second-order valence-corrected chi connectivity index (χ2v) is 5.00. The molecule has 0 bridgehead atoms. The molecule has 0 spiro atoms. The van der Waals surface area contributed by atoms with Crippen molar-refractivity contribution in [3.05, 3.63) is 33.3 Å². The lowest BCUT2D eigenvalue weighted by atomic mass is 10.2. The lowest BCUT2D eigenvalue weighted by Crippen LogP contribution is -2.32. The molecule has 0 radical (unpaired) electrons. The number of halogens is 2. The van der Waals surface area contributed by atoms with Crippen molar-refractivity contribution in [3.63, 3.8) is 0 Å². The standard InChI is InChI=1S/C12H17BrClNO/c1-3-11(8-16-2)15-7-9-4-5-10(13)6-12(9)14/h4-6,11,15H,3,7-8H2,1-2H3.